The maximum absolute atomic E-state index is 11.9. The molecule has 7 nitrogen and oxygen atoms in total. The molecule has 8 heteroatoms. The lowest BCUT2D eigenvalue weighted by Gasteiger charge is -2.16. The number of aliphatic carboxylic acids is 1. The molecule has 2 aromatic heterocycles. The monoisotopic (exact) mass is 297 g/mol. The van der Waals surface area contributed by atoms with Crippen LogP contribution in [0.5, 0.6) is 0 Å². The fourth-order valence-electron chi connectivity index (χ4n) is 1.85. The summed E-state index contributed by atoms with van der Waals surface area (Å²) in [6, 6.07) is -1.30. The number of rotatable bonds is 5. The highest BCUT2D eigenvalue weighted by Gasteiger charge is 2.25. The maximum atomic E-state index is 11.9. The Kier molecular flexibility index (Phi) is 4.05. The molecule has 0 bridgehead atoms. The number of aliphatic hydroxyl groups excluding tert-OH is 1. The van der Waals surface area contributed by atoms with E-state index in [2.05, 4.69) is 10.3 Å². The predicted molar refractivity (Wildman–Crippen MR) is 72.8 cm³/mol. The zero-order valence-corrected chi connectivity index (χ0v) is 11.8. The van der Waals surface area contributed by atoms with E-state index in [1.54, 1.807) is 9.78 Å². The van der Waals surface area contributed by atoms with E-state index in [-0.39, 0.29) is 6.42 Å². The zero-order valence-electron chi connectivity index (χ0n) is 11.0. The molecule has 2 atom stereocenters. The molecule has 2 heterocycles. The van der Waals surface area contributed by atoms with Gasteiger partial charge in [0.15, 0.2) is 11.0 Å². The van der Waals surface area contributed by atoms with Crippen molar-refractivity contribution in [3.8, 4) is 0 Å². The summed E-state index contributed by atoms with van der Waals surface area (Å²) in [7, 11) is 0. The minimum Gasteiger partial charge on any atom is -0.480 e. The number of thiazole rings is 1. The van der Waals surface area contributed by atoms with Crippen LogP contribution in [0.4, 0.5) is 0 Å². The fourth-order valence-corrected chi connectivity index (χ4v) is 2.77. The van der Waals surface area contributed by atoms with Gasteiger partial charge in [-0.25, -0.2) is 9.78 Å². The smallest absolute Gasteiger partial charge is 0.328 e. The second-order valence-corrected chi connectivity index (χ2v) is 5.40. The summed E-state index contributed by atoms with van der Waals surface area (Å²) >= 11 is 1.41. The molecular weight excluding hydrogens is 282 g/mol. The van der Waals surface area contributed by atoms with Crippen LogP contribution in [0.25, 0.3) is 4.96 Å². The van der Waals surface area contributed by atoms with Gasteiger partial charge in [-0.1, -0.05) is 0 Å². The normalized spacial score (nSPS) is 14.2. The molecule has 2 unspecified atom stereocenters. The van der Waals surface area contributed by atoms with Crippen molar-refractivity contribution in [2.75, 3.05) is 0 Å². The number of carboxylic acid groups (broad SMARTS) is 1. The first-order valence-corrected chi connectivity index (χ1v) is 6.88. The van der Waals surface area contributed by atoms with Crippen LogP contribution in [0, 0.1) is 6.92 Å². The third-order valence-electron chi connectivity index (χ3n) is 2.81. The minimum atomic E-state index is -1.30. The Bertz CT molecular complexity index is 646. The lowest BCUT2D eigenvalue weighted by Crippen LogP contribution is -2.48. The number of amides is 1. The molecule has 20 heavy (non-hydrogen) atoms. The van der Waals surface area contributed by atoms with E-state index in [0.29, 0.717) is 0 Å². The third-order valence-corrected chi connectivity index (χ3v) is 3.70. The van der Waals surface area contributed by atoms with Crippen LogP contribution < -0.4 is 5.32 Å². The Labute approximate surface area is 118 Å². The molecule has 0 aliphatic heterocycles. The number of carboxylic acids is 1. The van der Waals surface area contributed by atoms with Gasteiger partial charge in [0.2, 0.25) is 5.91 Å². The van der Waals surface area contributed by atoms with E-state index in [1.165, 1.54) is 18.3 Å². The highest BCUT2D eigenvalue weighted by Crippen LogP contribution is 2.16. The van der Waals surface area contributed by atoms with E-state index in [4.69, 9.17) is 5.11 Å². The number of aryl methyl sites for hydroxylation is 1. The van der Waals surface area contributed by atoms with Gasteiger partial charge in [-0.05, 0) is 13.8 Å². The van der Waals surface area contributed by atoms with Gasteiger partial charge in [-0.3, -0.25) is 9.20 Å². The van der Waals surface area contributed by atoms with Crippen LogP contribution in [0.3, 0.4) is 0 Å². The zero-order chi connectivity index (χ0) is 14.9. The quantitative estimate of drug-likeness (QED) is 0.731. The van der Waals surface area contributed by atoms with E-state index in [1.807, 2.05) is 13.1 Å². The fraction of sp³-hybridized carbons (Fsp3) is 0.417. The number of nitrogens with zero attached hydrogens (tertiary/aromatic N) is 2. The van der Waals surface area contributed by atoms with E-state index in [0.717, 1.165) is 16.3 Å². The number of aromatic nitrogens is 2. The summed E-state index contributed by atoms with van der Waals surface area (Å²) in [5, 5.41) is 22.3. The molecule has 0 spiro atoms. The molecule has 0 aromatic carbocycles. The van der Waals surface area contributed by atoms with Crippen LogP contribution in [0.1, 0.15) is 18.3 Å². The number of imidazole rings is 1. The van der Waals surface area contributed by atoms with E-state index >= 15 is 0 Å². The number of aliphatic hydroxyl groups is 1. The maximum Gasteiger partial charge on any atom is 0.328 e. The first kappa shape index (κ1) is 14.5. The molecule has 1 amide bonds. The third kappa shape index (κ3) is 2.97. The molecule has 108 valence electrons. The lowest BCUT2D eigenvalue weighted by atomic mass is 10.1. The average Bonchev–Trinajstić information content (AvgIpc) is 2.86. The summed E-state index contributed by atoms with van der Waals surface area (Å²) < 4.78 is 1.80. The largest absolute Gasteiger partial charge is 0.480 e. The van der Waals surface area contributed by atoms with Crippen molar-refractivity contribution in [2.24, 2.45) is 0 Å². The number of hydrogen-bond acceptors (Lipinski definition) is 5. The standard InChI is InChI=1S/C12H15N3O4S/c1-6-4-15-8(5-20-12(15)13-6)3-9(17)14-10(7(2)16)11(18)19/h4-5,7,10,16H,3H2,1-2H3,(H,14,17)(H,18,19). The topological polar surface area (TPSA) is 104 Å². The lowest BCUT2D eigenvalue weighted by molar-refractivity contribution is -0.144. The number of fused-ring (bicyclic) bond motifs is 1. The van der Waals surface area contributed by atoms with Crippen LogP contribution in [0.2, 0.25) is 0 Å². The summed E-state index contributed by atoms with van der Waals surface area (Å²) in [6.07, 6.45) is 0.693. The van der Waals surface area contributed by atoms with Crippen molar-refractivity contribution >= 4 is 28.2 Å². The highest BCUT2D eigenvalue weighted by molar-refractivity contribution is 7.15. The molecule has 2 rings (SSSR count). The van der Waals surface area contributed by atoms with Gasteiger partial charge in [0.1, 0.15) is 0 Å². The van der Waals surface area contributed by atoms with Gasteiger partial charge in [0.05, 0.1) is 18.2 Å². The molecule has 2 aromatic rings. The average molecular weight is 297 g/mol. The highest BCUT2D eigenvalue weighted by atomic mass is 32.1. The number of carbonyl (C=O) groups is 2. The van der Waals surface area contributed by atoms with Crippen LogP contribution in [-0.2, 0) is 16.0 Å². The Morgan fingerprint density at radius 3 is 2.85 bits per heavy atom. The van der Waals surface area contributed by atoms with Crippen molar-refractivity contribution in [1.82, 2.24) is 14.7 Å². The van der Waals surface area contributed by atoms with Crippen LogP contribution in [-0.4, -0.2) is 43.6 Å². The molecule has 0 saturated carbocycles. The number of carbonyl (C=O) groups excluding carboxylic acids is 1. The Morgan fingerprint density at radius 2 is 2.25 bits per heavy atom. The number of nitrogens with one attached hydrogen (secondary N) is 1. The molecule has 3 N–H and O–H groups in total. The van der Waals surface area contributed by atoms with E-state index < -0.39 is 24.0 Å². The van der Waals surface area contributed by atoms with Crippen molar-refractivity contribution in [3.63, 3.8) is 0 Å². The molecule has 0 aliphatic carbocycles. The Morgan fingerprint density at radius 1 is 1.55 bits per heavy atom. The second kappa shape index (κ2) is 5.59. The van der Waals surface area contributed by atoms with Gasteiger partial charge in [0, 0.05) is 17.3 Å². The first-order valence-electron chi connectivity index (χ1n) is 6.00. The van der Waals surface area contributed by atoms with Crippen molar-refractivity contribution in [3.05, 3.63) is 23.0 Å². The summed E-state index contributed by atoms with van der Waals surface area (Å²) in [4.78, 5) is 27.8. The van der Waals surface area contributed by atoms with Crippen molar-refractivity contribution in [1.29, 1.82) is 0 Å². The molecule has 0 aliphatic rings. The van der Waals surface area contributed by atoms with Crippen molar-refractivity contribution < 1.29 is 19.8 Å². The SMILES string of the molecule is Cc1cn2c(CC(=O)NC(C(=O)O)C(C)O)csc2n1. The van der Waals surface area contributed by atoms with Crippen LogP contribution in [0.15, 0.2) is 11.6 Å². The molecule has 0 fully saturated rings. The molecule has 0 saturated heterocycles. The second-order valence-electron chi connectivity index (χ2n) is 4.56. The summed E-state index contributed by atoms with van der Waals surface area (Å²) in [5.74, 6) is -1.72. The van der Waals surface area contributed by atoms with Crippen molar-refractivity contribution in [2.45, 2.75) is 32.4 Å². The first-order chi connectivity index (χ1) is 9.38. The predicted octanol–water partition coefficient (Wildman–Crippen LogP) is 0.197. The van der Waals surface area contributed by atoms with Gasteiger partial charge in [-0.2, -0.15) is 0 Å². The van der Waals surface area contributed by atoms with E-state index in [9.17, 15) is 14.7 Å². The minimum absolute atomic E-state index is 0.0340. The Hall–Kier alpha value is -1.93. The van der Waals surface area contributed by atoms with Gasteiger partial charge in [-0.15, -0.1) is 11.3 Å². The van der Waals surface area contributed by atoms with Gasteiger partial charge >= 0.3 is 5.97 Å². The molecule has 0 radical (unpaired) electrons. The summed E-state index contributed by atoms with van der Waals surface area (Å²) in [5.41, 5.74) is 1.59. The Balaban J connectivity index is 2.09. The van der Waals surface area contributed by atoms with Crippen LogP contribution >= 0.6 is 11.3 Å². The number of hydrogen-bond donors (Lipinski definition) is 3. The van der Waals surface area contributed by atoms with Gasteiger partial charge in [0.25, 0.3) is 0 Å². The summed E-state index contributed by atoms with van der Waals surface area (Å²) in [6.45, 7) is 3.18. The molecular formula is C12H15N3O4S. The van der Waals surface area contributed by atoms with Gasteiger partial charge < -0.3 is 15.5 Å².